The lowest BCUT2D eigenvalue weighted by Gasteiger charge is -2.28. The Kier molecular flexibility index (Phi) is 5.67. The average molecular weight is 390 g/mol. The molecule has 8 heteroatoms. The number of likely N-dealkylation sites (tertiary alicyclic amines) is 1. The highest BCUT2D eigenvalue weighted by molar-refractivity contribution is 6.06. The third kappa shape index (κ3) is 4.68. The molecule has 1 aliphatic heterocycles. The second-order valence-corrected chi connectivity index (χ2v) is 6.87. The van der Waals surface area contributed by atoms with Crippen LogP contribution in [0.25, 0.3) is 0 Å². The van der Waals surface area contributed by atoms with Gasteiger partial charge in [-0.05, 0) is 42.7 Å². The lowest BCUT2D eigenvalue weighted by molar-refractivity contribution is -0.137. The Morgan fingerprint density at radius 2 is 2.00 bits per heavy atom. The number of carbonyl (C=O) groups is 1. The van der Waals surface area contributed by atoms with Crippen molar-refractivity contribution in [2.45, 2.75) is 25.9 Å². The van der Waals surface area contributed by atoms with E-state index in [9.17, 15) is 18.0 Å². The zero-order chi connectivity index (χ0) is 20.3. The van der Waals surface area contributed by atoms with Gasteiger partial charge < -0.3 is 4.90 Å². The molecule has 1 aliphatic rings. The largest absolute Gasteiger partial charge is 0.416 e. The van der Waals surface area contributed by atoms with Gasteiger partial charge in [-0.15, -0.1) is 0 Å². The molecule has 28 heavy (non-hydrogen) atoms. The number of hydrogen-bond donors (Lipinski definition) is 1. The number of benzene rings is 1. The van der Waals surface area contributed by atoms with Crippen molar-refractivity contribution in [3.63, 3.8) is 0 Å². The Bertz CT molecular complexity index is 895. The molecule has 1 fully saturated rings. The summed E-state index contributed by atoms with van der Waals surface area (Å²) in [5.74, 6) is 0.216. The van der Waals surface area contributed by atoms with Crippen LogP contribution in [0.4, 0.5) is 19.0 Å². The predicted molar refractivity (Wildman–Crippen MR) is 101 cm³/mol. The number of aromatic nitrogens is 1. The molecular weight excluding hydrogens is 369 g/mol. The van der Waals surface area contributed by atoms with Crippen molar-refractivity contribution in [2.24, 2.45) is 11.0 Å². The number of amides is 1. The summed E-state index contributed by atoms with van der Waals surface area (Å²) in [7, 11) is 1.77. The van der Waals surface area contributed by atoms with E-state index in [1.807, 2.05) is 6.92 Å². The first-order chi connectivity index (χ1) is 13.2. The number of pyridine rings is 1. The molecule has 2 aromatic rings. The van der Waals surface area contributed by atoms with Gasteiger partial charge in [-0.1, -0.05) is 18.2 Å². The van der Waals surface area contributed by atoms with Gasteiger partial charge in [-0.3, -0.25) is 10.2 Å². The van der Waals surface area contributed by atoms with Crippen molar-refractivity contribution in [2.75, 3.05) is 19.0 Å². The molecule has 5 nitrogen and oxygen atoms in total. The zero-order valence-electron chi connectivity index (χ0n) is 15.6. The van der Waals surface area contributed by atoms with Gasteiger partial charge in [0.15, 0.2) is 0 Å². The lowest BCUT2D eigenvalue weighted by Crippen LogP contribution is -2.42. The number of halogens is 3. The summed E-state index contributed by atoms with van der Waals surface area (Å²) in [6.45, 7) is 2.43. The van der Waals surface area contributed by atoms with Crippen molar-refractivity contribution in [3.05, 3.63) is 59.3 Å². The predicted octanol–water partition coefficient (Wildman–Crippen LogP) is 3.96. The van der Waals surface area contributed by atoms with Crippen LogP contribution in [0.5, 0.6) is 0 Å². The number of alkyl halides is 3. The number of carbonyl (C=O) groups excluding carboxylic acids is 1. The fourth-order valence-corrected chi connectivity index (χ4v) is 3.10. The van der Waals surface area contributed by atoms with Gasteiger partial charge in [0.05, 0.1) is 17.2 Å². The molecule has 3 rings (SSSR count). The van der Waals surface area contributed by atoms with E-state index in [1.165, 1.54) is 6.07 Å². The van der Waals surface area contributed by atoms with Crippen molar-refractivity contribution >= 4 is 17.4 Å². The summed E-state index contributed by atoms with van der Waals surface area (Å²) in [4.78, 5) is 17.9. The summed E-state index contributed by atoms with van der Waals surface area (Å²) >= 11 is 0. The van der Waals surface area contributed by atoms with Crippen LogP contribution >= 0.6 is 0 Å². The second-order valence-electron chi connectivity index (χ2n) is 6.87. The molecule has 0 aliphatic carbocycles. The highest BCUT2D eigenvalue weighted by Crippen LogP contribution is 2.30. The maximum absolute atomic E-state index is 12.9. The van der Waals surface area contributed by atoms with Crippen LogP contribution < -0.4 is 5.43 Å². The summed E-state index contributed by atoms with van der Waals surface area (Å²) in [5.41, 5.74) is 4.34. The molecule has 1 aromatic carbocycles. The molecule has 148 valence electrons. The van der Waals surface area contributed by atoms with E-state index < -0.39 is 11.7 Å². The molecule has 1 saturated heterocycles. The van der Waals surface area contributed by atoms with E-state index in [-0.39, 0.29) is 11.8 Å². The van der Waals surface area contributed by atoms with Crippen LogP contribution in [0.15, 0.2) is 47.7 Å². The minimum Gasteiger partial charge on any atom is -0.345 e. The minimum absolute atomic E-state index is 0.0260. The van der Waals surface area contributed by atoms with Crippen LogP contribution in [0, 0.1) is 5.92 Å². The standard InChI is InChI=1S/C20H21F3N4O/c1-13-17(7-9-27(2)19(13)28)25-26-18-12-15(6-8-24-18)10-14-4-3-5-16(11-14)20(21,22)23/h3-6,8,11-13H,7,9-10H2,1-2H3,(H,24,26)/b25-17-. The van der Waals surface area contributed by atoms with E-state index in [4.69, 9.17) is 0 Å². The van der Waals surface area contributed by atoms with Gasteiger partial charge in [-0.2, -0.15) is 18.3 Å². The van der Waals surface area contributed by atoms with Gasteiger partial charge in [0.1, 0.15) is 5.82 Å². The molecule has 1 unspecified atom stereocenters. The highest BCUT2D eigenvalue weighted by atomic mass is 19.4. The molecule has 2 heterocycles. The number of piperidine rings is 1. The maximum Gasteiger partial charge on any atom is 0.416 e. The van der Waals surface area contributed by atoms with E-state index in [2.05, 4.69) is 15.5 Å². The summed E-state index contributed by atoms with van der Waals surface area (Å²) in [6, 6.07) is 8.77. The number of nitrogens with zero attached hydrogens (tertiary/aromatic N) is 3. The maximum atomic E-state index is 12.9. The highest BCUT2D eigenvalue weighted by Gasteiger charge is 2.30. The molecule has 0 spiro atoms. The fraction of sp³-hybridized carbons (Fsp3) is 0.350. The molecule has 1 amide bonds. The zero-order valence-corrected chi connectivity index (χ0v) is 15.6. The van der Waals surface area contributed by atoms with Crippen molar-refractivity contribution in [1.82, 2.24) is 9.88 Å². The van der Waals surface area contributed by atoms with Gasteiger partial charge in [-0.25, -0.2) is 4.98 Å². The first-order valence-electron chi connectivity index (χ1n) is 8.92. The van der Waals surface area contributed by atoms with Gasteiger partial charge in [0, 0.05) is 26.2 Å². The van der Waals surface area contributed by atoms with Gasteiger partial charge in [0.25, 0.3) is 0 Å². The number of hydrogen-bond acceptors (Lipinski definition) is 4. The van der Waals surface area contributed by atoms with Crippen molar-refractivity contribution < 1.29 is 18.0 Å². The average Bonchev–Trinajstić information content (AvgIpc) is 2.65. The van der Waals surface area contributed by atoms with Crippen LogP contribution in [0.3, 0.4) is 0 Å². The van der Waals surface area contributed by atoms with Gasteiger partial charge in [0.2, 0.25) is 5.91 Å². The van der Waals surface area contributed by atoms with E-state index >= 15 is 0 Å². The Balaban J connectivity index is 1.71. The molecule has 0 radical (unpaired) electrons. The normalized spacial score (nSPS) is 19.2. The van der Waals surface area contributed by atoms with E-state index in [1.54, 1.807) is 36.3 Å². The van der Waals surface area contributed by atoms with Gasteiger partial charge >= 0.3 is 6.18 Å². The van der Waals surface area contributed by atoms with Crippen molar-refractivity contribution in [1.29, 1.82) is 0 Å². The molecular formula is C20H21F3N4O. The van der Waals surface area contributed by atoms with Crippen LogP contribution in [0.1, 0.15) is 30.0 Å². The molecule has 1 atom stereocenters. The Labute approximate surface area is 161 Å². The number of rotatable bonds is 4. The number of anilines is 1. The third-order valence-corrected chi connectivity index (χ3v) is 4.75. The van der Waals surface area contributed by atoms with Crippen molar-refractivity contribution in [3.8, 4) is 0 Å². The monoisotopic (exact) mass is 390 g/mol. The third-order valence-electron chi connectivity index (χ3n) is 4.75. The lowest BCUT2D eigenvalue weighted by atomic mass is 9.97. The van der Waals surface area contributed by atoms with Crippen LogP contribution in [-0.2, 0) is 17.4 Å². The quantitative estimate of drug-likeness (QED) is 0.804. The first kappa shape index (κ1) is 19.9. The molecule has 0 saturated carbocycles. The molecule has 1 N–H and O–H groups in total. The minimum atomic E-state index is -4.36. The topological polar surface area (TPSA) is 57.6 Å². The fourth-order valence-electron chi connectivity index (χ4n) is 3.10. The van der Waals surface area contributed by atoms with Crippen LogP contribution in [0.2, 0.25) is 0 Å². The number of hydrazone groups is 1. The van der Waals surface area contributed by atoms with E-state index in [0.29, 0.717) is 30.8 Å². The molecule has 0 bridgehead atoms. The summed E-state index contributed by atoms with van der Waals surface area (Å²) < 4.78 is 38.6. The Morgan fingerprint density at radius 1 is 1.25 bits per heavy atom. The summed E-state index contributed by atoms with van der Waals surface area (Å²) in [6.07, 6.45) is -1.76. The van der Waals surface area contributed by atoms with Crippen LogP contribution in [-0.4, -0.2) is 35.1 Å². The Morgan fingerprint density at radius 3 is 2.75 bits per heavy atom. The number of nitrogens with one attached hydrogen (secondary N) is 1. The SMILES string of the molecule is CC1C(=O)N(C)CC/C1=N/Nc1cc(Cc2cccc(C(F)(F)F)c2)ccn1. The van der Waals surface area contributed by atoms with E-state index in [0.717, 1.165) is 23.4 Å². The Hall–Kier alpha value is -2.90. The molecule has 1 aromatic heterocycles. The summed E-state index contributed by atoms with van der Waals surface area (Å²) in [5, 5.41) is 4.32. The second kappa shape index (κ2) is 8.00. The smallest absolute Gasteiger partial charge is 0.345 e. The first-order valence-corrected chi connectivity index (χ1v) is 8.92.